The van der Waals surface area contributed by atoms with Crippen LogP contribution in [0.25, 0.3) is 0 Å². The molecule has 0 aromatic carbocycles. The zero-order chi connectivity index (χ0) is 10.4. The van der Waals surface area contributed by atoms with Crippen molar-refractivity contribution in [1.29, 1.82) is 0 Å². The van der Waals surface area contributed by atoms with Gasteiger partial charge in [0.1, 0.15) is 0 Å². The Kier molecular flexibility index (Phi) is 2.52. The van der Waals surface area contributed by atoms with E-state index in [-0.39, 0.29) is 6.29 Å². The third-order valence-electron chi connectivity index (χ3n) is 5.06. The lowest BCUT2D eigenvalue weighted by molar-refractivity contribution is -0.143. The number of methoxy groups -OCH3 is 1. The summed E-state index contributed by atoms with van der Waals surface area (Å²) in [6.45, 7) is 2.00. The Morgan fingerprint density at radius 2 is 1.60 bits per heavy atom. The van der Waals surface area contributed by atoms with Gasteiger partial charge in [-0.15, -0.1) is 0 Å². The summed E-state index contributed by atoms with van der Waals surface area (Å²) in [6.07, 6.45) is 7.60. The molecule has 3 saturated carbocycles. The van der Waals surface area contributed by atoms with Crippen molar-refractivity contribution >= 4 is 0 Å². The van der Waals surface area contributed by atoms with Crippen LogP contribution < -0.4 is 0 Å². The SMILES string of the molecule is COC(C)OC1CC2C3CCC(C3)C2C1. The highest BCUT2D eigenvalue weighted by Crippen LogP contribution is 2.59. The molecule has 0 heterocycles. The molecule has 5 atom stereocenters. The molecular formula is C13H22O2. The molecule has 0 spiro atoms. The highest BCUT2D eigenvalue weighted by Gasteiger charge is 2.52. The molecule has 0 saturated heterocycles. The maximum Gasteiger partial charge on any atom is 0.154 e. The summed E-state index contributed by atoms with van der Waals surface area (Å²) in [7, 11) is 1.73. The summed E-state index contributed by atoms with van der Waals surface area (Å²) in [6, 6.07) is 0. The van der Waals surface area contributed by atoms with Gasteiger partial charge in [-0.1, -0.05) is 0 Å². The van der Waals surface area contributed by atoms with Crippen LogP contribution in [0.4, 0.5) is 0 Å². The molecular weight excluding hydrogens is 188 g/mol. The molecule has 5 unspecified atom stereocenters. The van der Waals surface area contributed by atoms with Gasteiger partial charge in [-0.2, -0.15) is 0 Å². The molecule has 86 valence electrons. The van der Waals surface area contributed by atoms with Gasteiger partial charge < -0.3 is 9.47 Å². The first kappa shape index (κ1) is 10.1. The molecule has 2 bridgehead atoms. The number of rotatable bonds is 3. The van der Waals surface area contributed by atoms with Crippen molar-refractivity contribution in [3.8, 4) is 0 Å². The molecule has 2 heteroatoms. The van der Waals surface area contributed by atoms with E-state index in [9.17, 15) is 0 Å². The molecule has 3 rings (SSSR count). The minimum Gasteiger partial charge on any atom is -0.356 e. The molecule has 2 nitrogen and oxygen atoms in total. The molecule has 3 fully saturated rings. The minimum atomic E-state index is -0.0218. The first-order chi connectivity index (χ1) is 7.28. The van der Waals surface area contributed by atoms with Crippen LogP contribution in [0.2, 0.25) is 0 Å². The van der Waals surface area contributed by atoms with Crippen LogP contribution in [0.3, 0.4) is 0 Å². The Labute approximate surface area is 92.3 Å². The first-order valence-electron chi connectivity index (χ1n) is 6.46. The number of ether oxygens (including phenoxy) is 2. The summed E-state index contributed by atoms with van der Waals surface area (Å²) in [5.41, 5.74) is 0. The van der Waals surface area contributed by atoms with Crippen LogP contribution in [0.5, 0.6) is 0 Å². The highest BCUT2D eigenvalue weighted by molar-refractivity contribution is 5.01. The second-order valence-corrected chi connectivity index (χ2v) is 5.69. The van der Waals surface area contributed by atoms with Crippen molar-refractivity contribution in [2.45, 2.75) is 51.4 Å². The molecule has 0 amide bonds. The van der Waals surface area contributed by atoms with E-state index in [4.69, 9.17) is 9.47 Å². The molecule has 0 aromatic heterocycles. The fourth-order valence-electron chi connectivity index (χ4n) is 4.41. The predicted octanol–water partition coefficient (Wildman–Crippen LogP) is 2.82. The Hall–Kier alpha value is -0.0800. The molecule has 0 N–H and O–H groups in total. The topological polar surface area (TPSA) is 18.5 Å². The monoisotopic (exact) mass is 210 g/mol. The first-order valence-corrected chi connectivity index (χ1v) is 6.46. The fourth-order valence-corrected chi connectivity index (χ4v) is 4.41. The van der Waals surface area contributed by atoms with Crippen LogP contribution in [-0.4, -0.2) is 19.5 Å². The van der Waals surface area contributed by atoms with E-state index >= 15 is 0 Å². The van der Waals surface area contributed by atoms with E-state index < -0.39 is 0 Å². The summed E-state index contributed by atoms with van der Waals surface area (Å²) in [4.78, 5) is 0. The lowest BCUT2D eigenvalue weighted by Gasteiger charge is -2.23. The standard InChI is InChI=1S/C13H22O2/c1-8(14-2)15-11-6-12-9-3-4-10(5-9)13(12)7-11/h8-13H,3-7H2,1-2H3. The fraction of sp³-hybridized carbons (Fsp3) is 1.00. The number of hydrogen-bond donors (Lipinski definition) is 0. The largest absolute Gasteiger partial charge is 0.356 e. The summed E-state index contributed by atoms with van der Waals surface area (Å²) < 4.78 is 11.1. The molecule has 0 aromatic rings. The van der Waals surface area contributed by atoms with Gasteiger partial charge in [0.15, 0.2) is 6.29 Å². The van der Waals surface area contributed by atoms with Crippen molar-refractivity contribution in [2.75, 3.05) is 7.11 Å². The molecule has 0 radical (unpaired) electrons. The highest BCUT2D eigenvalue weighted by atomic mass is 16.7. The van der Waals surface area contributed by atoms with Crippen molar-refractivity contribution < 1.29 is 9.47 Å². The van der Waals surface area contributed by atoms with Gasteiger partial charge in [0, 0.05) is 7.11 Å². The number of hydrogen-bond acceptors (Lipinski definition) is 2. The molecule has 3 aliphatic carbocycles. The van der Waals surface area contributed by atoms with Crippen molar-refractivity contribution in [2.24, 2.45) is 23.7 Å². The second-order valence-electron chi connectivity index (χ2n) is 5.69. The molecule has 0 aliphatic heterocycles. The van der Waals surface area contributed by atoms with Crippen LogP contribution in [-0.2, 0) is 9.47 Å². The van der Waals surface area contributed by atoms with Crippen molar-refractivity contribution in [3.63, 3.8) is 0 Å². The lowest BCUT2D eigenvalue weighted by atomic mass is 9.82. The van der Waals surface area contributed by atoms with E-state index in [0.717, 1.165) is 23.7 Å². The van der Waals surface area contributed by atoms with Crippen LogP contribution in [0.1, 0.15) is 39.0 Å². The Bertz CT molecular complexity index is 223. The third-order valence-corrected chi connectivity index (χ3v) is 5.06. The van der Waals surface area contributed by atoms with Crippen LogP contribution >= 0.6 is 0 Å². The van der Waals surface area contributed by atoms with Gasteiger partial charge >= 0.3 is 0 Å². The van der Waals surface area contributed by atoms with E-state index in [0.29, 0.717) is 6.10 Å². The number of fused-ring (bicyclic) bond motifs is 5. The molecule has 3 aliphatic rings. The van der Waals surface area contributed by atoms with E-state index in [1.807, 2.05) is 6.92 Å². The zero-order valence-electron chi connectivity index (χ0n) is 9.82. The Morgan fingerprint density at radius 3 is 2.13 bits per heavy atom. The maximum absolute atomic E-state index is 5.90. The second kappa shape index (κ2) is 3.74. The van der Waals surface area contributed by atoms with Crippen LogP contribution in [0.15, 0.2) is 0 Å². The van der Waals surface area contributed by atoms with E-state index in [1.165, 1.54) is 32.1 Å². The lowest BCUT2D eigenvalue weighted by Crippen LogP contribution is -2.19. The quantitative estimate of drug-likeness (QED) is 0.667. The smallest absolute Gasteiger partial charge is 0.154 e. The predicted molar refractivity (Wildman–Crippen MR) is 58.4 cm³/mol. The normalized spacial score (nSPS) is 49.6. The average molecular weight is 210 g/mol. The zero-order valence-corrected chi connectivity index (χ0v) is 9.82. The van der Waals surface area contributed by atoms with E-state index in [2.05, 4.69) is 0 Å². The Morgan fingerprint density at radius 1 is 1.00 bits per heavy atom. The summed E-state index contributed by atoms with van der Waals surface area (Å²) in [5.74, 6) is 4.09. The van der Waals surface area contributed by atoms with Crippen molar-refractivity contribution in [3.05, 3.63) is 0 Å². The molecule has 15 heavy (non-hydrogen) atoms. The van der Waals surface area contributed by atoms with Gasteiger partial charge in [-0.25, -0.2) is 0 Å². The van der Waals surface area contributed by atoms with Gasteiger partial charge in [0.05, 0.1) is 6.10 Å². The summed E-state index contributed by atoms with van der Waals surface area (Å²) >= 11 is 0. The van der Waals surface area contributed by atoms with Gasteiger partial charge in [0.25, 0.3) is 0 Å². The Balaban J connectivity index is 1.60. The maximum atomic E-state index is 5.90. The van der Waals surface area contributed by atoms with Gasteiger partial charge in [-0.05, 0) is 62.7 Å². The van der Waals surface area contributed by atoms with Crippen molar-refractivity contribution in [1.82, 2.24) is 0 Å². The summed E-state index contributed by atoms with van der Waals surface area (Å²) in [5, 5.41) is 0. The van der Waals surface area contributed by atoms with Gasteiger partial charge in [0.2, 0.25) is 0 Å². The van der Waals surface area contributed by atoms with Gasteiger partial charge in [-0.3, -0.25) is 0 Å². The third kappa shape index (κ3) is 1.62. The van der Waals surface area contributed by atoms with E-state index in [1.54, 1.807) is 7.11 Å². The average Bonchev–Trinajstić information content (AvgIpc) is 2.87. The minimum absolute atomic E-state index is 0.0218. The van der Waals surface area contributed by atoms with Crippen LogP contribution in [0, 0.1) is 23.7 Å².